The maximum absolute atomic E-state index is 12.5. The molecule has 1 amide bonds. The molecule has 0 radical (unpaired) electrons. The quantitative estimate of drug-likeness (QED) is 0.632. The van der Waals surface area contributed by atoms with Gasteiger partial charge in [0.1, 0.15) is 17.2 Å². The molecule has 136 valence electrons. The summed E-state index contributed by atoms with van der Waals surface area (Å²) in [6.45, 7) is 1.47. The number of carbonyl (C=O) groups excluding carboxylic acids is 2. The smallest absolute Gasteiger partial charge is 0.255 e. The van der Waals surface area contributed by atoms with Crippen LogP contribution in [0.25, 0.3) is 0 Å². The van der Waals surface area contributed by atoms with Gasteiger partial charge >= 0.3 is 0 Å². The molecule has 0 aliphatic carbocycles. The molecule has 1 N–H and O–H groups in total. The van der Waals surface area contributed by atoms with Crippen molar-refractivity contribution in [2.24, 2.45) is 0 Å². The lowest BCUT2D eigenvalue weighted by Crippen LogP contribution is -2.13. The summed E-state index contributed by atoms with van der Waals surface area (Å²) in [7, 11) is 1.51. The van der Waals surface area contributed by atoms with Crippen LogP contribution in [0.3, 0.4) is 0 Å². The van der Waals surface area contributed by atoms with Crippen molar-refractivity contribution in [2.45, 2.75) is 6.92 Å². The van der Waals surface area contributed by atoms with Gasteiger partial charge in [-0.25, -0.2) is 0 Å². The minimum atomic E-state index is -0.305. The van der Waals surface area contributed by atoms with Crippen LogP contribution in [0.1, 0.15) is 27.6 Å². The third-order valence-corrected chi connectivity index (χ3v) is 3.95. The second kappa shape index (κ2) is 8.19. The van der Waals surface area contributed by atoms with Crippen LogP contribution in [0.4, 0.5) is 5.69 Å². The lowest BCUT2D eigenvalue weighted by atomic mass is 10.1. The molecule has 0 aromatic heterocycles. The summed E-state index contributed by atoms with van der Waals surface area (Å²) in [6.07, 6.45) is 0. The molecular weight excluding hydrogens is 342 g/mol. The summed E-state index contributed by atoms with van der Waals surface area (Å²) in [5.41, 5.74) is 1.41. The number of Topliss-reactive ketones (excluding diaryl/α,β-unsaturated/α-hetero) is 1. The second-order valence-electron chi connectivity index (χ2n) is 5.86. The molecule has 0 heterocycles. The van der Waals surface area contributed by atoms with E-state index in [9.17, 15) is 9.59 Å². The van der Waals surface area contributed by atoms with E-state index in [-0.39, 0.29) is 11.7 Å². The Balaban J connectivity index is 1.75. The molecule has 27 heavy (non-hydrogen) atoms. The van der Waals surface area contributed by atoms with Crippen molar-refractivity contribution < 1.29 is 19.1 Å². The highest BCUT2D eigenvalue weighted by atomic mass is 16.5. The number of anilines is 1. The minimum absolute atomic E-state index is 0.0874. The molecule has 3 aromatic rings. The second-order valence-corrected chi connectivity index (χ2v) is 5.86. The first-order valence-corrected chi connectivity index (χ1v) is 8.40. The number of methoxy groups -OCH3 is 1. The van der Waals surface area contributed by atoms with Crippen LogP contribution in [-0.4, -0.2) is 18.8 Å². The van der Waals surface area contributed by atoms with Crippen LogP contribution >= 0.6 is 0 Å². The van der Waals surface area contributed by atoms with Crippen molar-refractivity contribution in [3.8, 4) is 17.2 Å². The number of ether oxygens (including phenoxy) is 2. The Bertz CT molecular complexity index is 950. The Morgan fingerprint density at radius 1 is 0.815 bits per heavy atom. The Labute approximate surface area is 157 Å². The van der Waals surface area contributed by atoms with Gasteiger partial charge in [0.2, 0.25) is 0 Å². The first-order valence-electron chi connectivity index (χ1n) is 8.40. The van der Waals surface area contributed by atoms with Gasteiger partial charge in [0, 0.05) is 11.1 Å². The maximum Gasteiger partial charge on any atom is 0.255 e. The highest BCUT2D eigenvalue weighted by molar-refractivity contribution is 6.06. The van der Waals surface area contributed by atoms with E-state index in [1.54, 1.807) is 42.5 Å². The maximum atomic E-state index is 12.5. The van der Waals surface area contributed by atoms with Crippen LogP contribution in [0.15, 0.2) is 72.8 Å². The lowest BCUT2D eigenvalue weighted by Gasteiger charge is -2.12. The average molecular weight is 361 g/mol. The van der Waals surface area contributed by atoms with E-state index in [1.807, 2.05) is 30.3 Å². The number of para-hydroxylation sites is 1. The third-order valence-electron chi connectivity index (χ3n) is 3.95. The Hall–Kier alpha value is -3.60. The number of carbonyl (C=O) groups is 2. The van der Waals surface area contributed by atoms with Crippen molar-refractivity contribution in [3.05, 3.63) is 83.9 Å². The largest absolute Gasteiger partial charge is 0.495 e. The summed E-state index contributed by atoms with van der Waals surface area (Å²) in [5.74, 6) is 1.45. The van der Waals surface area contributed by atoms with Crippen LogP contribution in [0.5, 0.6) is 17.2 Å². The SMILES string of the molecule is COc1ccc(C(C)=O)cc1NC(=O)c1ccc(Oc2ccccc2)cc1. The number of hydrogen-bond donors (Lipinski definition) is 1. The number of rotatable bonds is 6. The predicted octanol–water partition coefficient (Wildman–Crippen LogP) is 4.94. The summed E-state index contributed by atoms with van der Waals surface area (Å²) in [5, 5.41) is 2.79. The number of nitrogens with one attached hydrogen (secondary N) is 1. The molecule has 5 nitrogen and oxygen atoms in total. The zero-order valence-corrected chi connectivity index (χ0v) is 15.1. The van der Waals surface area contributed by atoms with Crippen molar-refractivity contribution in [1.29, 1.82) is 0 Å². The first kappa shape index (κ1) is 18.2. The van der Waals surface area contributed by atoms with E-state index in [2.05, 4.69) is 5.32 Å². The van der Waals surface area contributed by atoms with Gasteiger partial charge in [-0.3, -0.25) is 9.59 Å². The summed E-state index contributed by atoms with van der Waals surface area (Å²) in [6, 6.07) is 21.1. The van der Waals surface area contributed by atoms with E-state index in [1.165, 1.54) is 14.0 Å². The van der Waals surface area contributed by atoms with Gasteiger partial charge in [0.05, 0.1) is 12.8 Å². The molecule has 0 aliphatic heterocycles. The molecule has 0 bridgehead atoms. The Kier molecular flexibility index (Phi) is 5.52. The van der Waals surface area contributed by atoms with E-state index >= 15 is 0 Å². The first-order chi connectivity index (χ1) is 13.1. The topological polar surface area (TPSA) is 64.6 Å². The normalized spacial score (nSPS) is 10.1. The number of benzene rings is 3. The van der Waals surface area contributed by atoms with Crippen LogP contribution in [0, 0.1) is 0 Å². The predicted molar refractivity (Wildman–Crippen MR) is 104 cm³/mol. The fourth-order valence-corrected chi connectivity index (χ4v) is 2.52. The number of amides is 1. The van der Waals surface area contributed by atoms with E-state index < -0.39 is 0 Å². The fraction of sp³-hybridized carbons (Fsp3) is 0.0909. The average Bonchev–Trinajstić information content (AvgIpc) is 2.69. The monoisotopic (exact) mass is 361 g/mol. The molecule has 0 aliphatic rings. The van der Waals surface area contributed by atoms with Crippen molar-refractivity contribution in [2.75, 3.05) is 12.4 Å². The van der Waals surface area contributed by atoms with Gasteiger partial charge in [0.15, 0.2) is 5.78 Å². The highest BCUT2D eigenvalue weighted by Crippen LogP contribution is 2.27. The molecular formula is C22H19NO4. The zero-order chi connectivity index (χ0) is 19.2. The van der Waals surface area contributed by atoms with Crippen molar-refractivity contribution >= 4 is 17.4 Å². The van der Waals surface area contributed by atoms with Crippen molar-refractivity contribution in [1.82, 2.24) is 0 Å². The van der Waals surface area contributed by atoms with Crippen LogP contribution < -0.4 is 14.8 Å². The van der Waals surface area contributed by atoms with Gasteiger partial charge in [-0.1, -0.05) is 18.2 Å². The minimum Gasteiger partial charge on any atom is -0.495 e. The highest BCUT2D eigenvalue weighted by Gasteiger charge is 2.12. The molecule has 5 heteroatoms. The molecule has 3 rings (SSSR count). The molecule has 0 saturated carbocycles. The van der Waals surface area contributed by atoms with Crippen molar-refractivity contribution in [3.63, 3.8) is 0 Å². The number of hydrogen-bond acceptors (Lipinski definition) is 4. The molecule has 0 spiro atoms. The third kappa shape index (κ3) is 4.52. The van der Waals surface area contributed by atoms with Crippen LogP contribution in [0.2, 0.25) is 0 Å². The molecule has 0 unspecified atom stereocenters. The van der Waals surface area contributed by atoms with Crippen LogP contribution in [-0.2, 0) is 0 Å². The zero-order valence-electron chi connectivity index (χ0n) is 15.1. The standard InChI is InChI=1S/C22H19NO4/c1-15(24)17-10-13-21(26-2)20(14-17)23-22(25)16-8-11-19(12-9-16)27-18-6-4-3-5-7-18/h3-14H,1-2H3,(H,23,25). The summed E-state index contributed by atoms with van der Waals surface area (Å²) >= 11 is 0. The summed E-state index contributed by atoms with van der Waals surface area (Å²) in [4.78, 5) is 24.1. The molecule has 0 fully saturated rings. The van der Waals surface area contributed by atoms with Gasteiger partial charge in [-0.05, 0) is 61.5 Å². The van der Waals surface area contributed by atoms with Gasteiger partial charge in [0.25, 0.3) is 5.91 Å². The Morgan fingerprint density at radius 2 is 1.44 bits per heavy atom. The fourth-order valence-electron chi connectivity index (χ4n) is 2.52. The van der Waals surface area contributed by atoms with E-state index in [4.69, 9.17) is 9.47 Å². The van der Waals surface area contributed by atoms with E-state index in [0.717, 1.165) is 5.75 Å². The van der Waals surface area contributed by atoms with Gasteiger partial charge in [-0.15, -0.1) is 0 Å². The summed E-state index contributed by atoms with van der Waals surface area (Å²) < 4.78 is 11.0. The van der Waals surface area contributed by atoms with Gasteiger partial charge in [-0.2, -0.15) is 0 Å². The lowest BCUT2D eigenvalue weighted by molar-refractivity contribution is 0.101. The Morgan fingerprint density at radius 3 is 2.07 bits per heavy atom. The molecule has 0 atom stereocenters. The number of ketones is 1. The molecule has 3 aromatic carbocycles. The molecule has 0 saturated heterocycles. The van der Waals surface area contributed by atoms with E-state index in [0.29, 0.717) is 28.3 Å². The van der Waals surface area contributed by atoms with Gasteiger partial charge < -0.3 is 14.8 Å².